The van der Waals surface area contributed by atoms with Gasteiger partial charge in [0.2, 0.25) is 5.88 Å². The van der Waals surface area contributed by atoms with Crippen LogP contribution in [0.5, 0.6) is 11.6 Å². The molecular weight excluding hydrogens is 354 g/mol. The van der Waals surface area contributed by atoms with Gasteiger partial charge in [0.25, 0.3) is 5.69 Å². The van der Waals surface area contributed by atoms with E-state index in [1.807, 2.05) is 0 Å². The number of carbonyl (C=O) groups excluding carboxylic acids is 1. The maximum absolute atomic E-state index is 12.3. The number of hydrogen-bond donors (Lipinski definition) is 1. The van der Waals surface area contributed by atoms with Crippen molar-refractivity contribution in [2.45, 2.75) is 33.0 Å². The second-order valence-corrected chi connectivity index (χ2v) is 6.71. The first-order chi connectivity index (χ1) is 12.6. The Bertz CT molecular complexity index is 830. The van der Waals surface area contributed by atoms with Gasteiger partial charge in [-0.2, -0.15) is 0 Å². The number of rotatable bonds is 5. The van der Waals surface area contributed by atoms with E-state index in [1.54, 1.807) is 32.9 Å². The van der Waals surface area contributed by atoms with Crippen molar-refractivity contribution in [1.29, 1.82) is 0 Å². The van der Waals surface area contributed by atoms with Gasteiger partial charge in [-0.15, -0.1) is 0 Å². The number of anilines is 1. The first-order valence-corrected chi connectivity index (χ1v) is 8.09. The number of amides is 1. The van der Waals surface area contributed by atoms with Gasteiger partial charge in [0.15, 0.2) is 0 Å². The summed E-state index contributed by atoms with van der Waals surface area (Å²) in [6.07, 6.45) is 0.724. The second-order valence-electron chi connectivity index (χ2n) is 6.71. The minimum Gasteiger partial charge on any atom is -0.443 e. The number of nitro groups is 1. The van der Waals surface area contributed by atoms with E-state index in [0.717, 1.165) is 4.90 Å². The molecule has 0 radical (unpaired) electrons. The van der Waals surface area contributed by atoms with Gasteiger partial charge in [0, 0.05) is 31.4 Å². The first kappa shape index (κ1) is 20.1. The zero-order valence-electron chi connectivity index (χ0n) is 15.5. The minimum absolute atomic E-state index is 0.0266. The third kappa shape index (κ3) is 5.38. The van der Waals surface area contributed by atoms with Crippen LogP contribution < -0.4 is 9.64 Å². The lowest BCUT2D eigenvalue weighted by molar-refractivity contribution is -0.384. The van der Waals surface area contributed by atoms with E-state index in [2.05, 4.69) is 4.98 Å². The van der Waals surface area contributed by atoms with Crippen molar-refractivity contribution in [3.63, 3.8) is 0 Å². The highest BCUT2D eigenvalue weighted by atomic mass is 16.6. The summed E-state index contributed by atoms with van der Waals surface area (Å²) in [5.41, 5.74) is -0.360. The van der Waals surface area contributed by atoms with Crippen molar-refractivity contribution < 1.29 is 24.3 Å². The molecule has 0 aliphatic heterocycles. The van der Waals surface area contributed by atoms with Crippen molar-refractivity contribution in [2.75, 3.05) is 11.9 Å². The Labute approximate surface area is 156 Å². The lowest BCUT2D eigenvalue weighted by atomic mass is 10.2. The molecule has 0 aliphatic rings. The minimum atomic E-state index is -0.743. The molecule has 1 aromatic carbocycles. The van der Waals surface area contributed by atoms with E-state index in [4.69, 9.17) is 14.6 Å². The Hall–Kier alpha value is -3.20. The molecule has 1 heterocycles. The molecule has 0 fully saturated rings. The SMILES string of the molecule is CN(C(=O)OC(C)(C)C)c1cc(Oc2ccc(CO)cn2)ccc1[N+](=O)[O-]. The molecule has 0 saturated heterocycles. The largest absolute Gasteiger partial charge is 0.443 e. The fourth-order valence-electron chi connectivity index (χ4n) is 2.10. The smallest absolute Gasteiger partial charge is 0.414 e. The standard InChI is InChI=1S/C18H21N3O6/c1-18(2,3)27-17(23)20(4)15-9-13(6-7-14(15)21(24)25)26-16-8-5-12(11-22)10-19-16/h5-10,22H,11H2,1-4H3. The Morgan fingerprint density at radius 2 is 2.00 bits per heavy atom. The predicted octanol–water partition coefficient (Wildman–Crippen LogP) is 3.65. The number of hydrogen-bond acceptors (Lipinski definition) is 7. The molecule has 144 valence electrons. The van der Waals surface area contributed by atoms with Gasteiger partial charge in [-0.25, -0.2) is 9.78 Å². The highest BCUT2D eigenvalue weighted by molar-refractivity contribution is 5.90. The van der Waals surface area contributed by atoms with Gasteiger partial charge in [0.1, 0.15) is 17.0 Å². The van der Waals surface area contributed by atoms with E-state index >= 15 is 0 Å². The number of benzene rings is 1. The van der Waals surface area contributed by atoms with Crippen LogP contribution >= 0.6 is 0 Å². The summed E-state index contributed by atoms with van der Waals surface area (Å²) >= 11 is 0. The van der Waals surface area contributed by atoms with Gasteiger partial charge < -0.3 is 14.6 Å². The molecule has 9 heteroatoms. The molecule has 0 atom stereocenters. The third-order valence-electron chi connectivity index (χ3n) is 3.37. The molecule has 0 unspecified atom stereocenters. The number of carbonyl (C=O) groups is 1. The van der Waals surface area contributed by atoms with Crippen LogP contribution in [-0.4, -0.2) is 33.8 Å². The Morgan fingerprint density at radius 1 is 1.30 bits per heavy atom. The normalized spacial score (nSPS) is 11.0. The van der Waals surface area contributed by atoms with E-state index in [0.29, 0.717) is 5.56 Å². The van der Waals surface area contributed by atoms with Crippen LogP contribution in [0, 0.1) is 10.1 Å². The van der Waals surface area contributed by atoms with Crippen LogP contribution in [0.4, 0.5) is 16.2 Å². The van der Waals surface area contributed by atoms with Gasteiger partial charge in [-0.3, -0.25) is 15.0 Å². The molecule has 1 aromatic heterocycles. The van der Waals surface area contributed by atoms with Crippen molar-refractivity contribution >= 4 is 17.5 Å². The second kappa shape index (κ2) is 8.00. The van der Waals surface area contributed by atoms with E-state index in [1.165, 1.54) is 31.4 Å². The van der Waals surface area contributed by atoms with Crippen LogP contribution in [0.15, 0.2) is 36.5 Å². The van der Waals surface area contributed by atoms with Crippen LogP contribution in [0.3, 0.4) is 0 Å². The van der Waals surface area contributed by atoms with Crippen LogP contribution in [0.25, 0.3) is 0 Å². The summed E-state index contributed by atoms with van der Waals surface area (Å²) in [6.45, 7) is 4.97. The molecule has 27 heavy (non-hydrogen) atoms. The van der Waals surface area contributed by atoms with Gasteiger partial charge in [-0.05, 0) is 38.5 Å². The van der Waals surface area contributed by atoms with Gasteiger partial charge in [-0.1, -0.05) is 0 Å². The summed E-state index contributed by atoms with van der Waals surface area (Å²) in [6, 6.07) is 7.22. The molecular formula is C18H21N3O6. The number of nitro benzene ring substituents is 1. The maximum Gasteiger partial charge on any atom is 0.414 e. The lowest BCUT2D eigenvalue weighted by Crippen LogP contribution is -2.34. The van der Waals surface area contributed by atoms with E-state index in [9.17, 15) is 14.9 Å². The molecule has 1 amide bonds. The maximum atomic E-state index is 12.3. The Balaban J connectivity index is 2.32. The molecule has 0 spiro atoms. The average Bonchev–Trinajstić information content (AvgIpc) is 2.60. The molecule has 0 bridgehead atoms. The highest BCUT2D eigenvalue weighted by Crippen LogP contribution is 2.34. The summed E-state index contributed by atoms with van der Waals surface area (Å²) < 4.78 is 10.8. The summed E-state index contributed by atoms with van der Waals surface area (Å²) in [7, 11) is 1.38. The van der Waals surface area contributed by atoms with Crippen LogP contribution in [-0.2, 0) is 11.3 Å². The van der Waals surface area contributed by atoms with Crippen LogP contribution in [0.2, 0.25) is 0 Å². The first-order valence-electron chi connectivity index (χ1n) is 8.09. The number of nitrogens with zero attached hydrogens (tertiary/aromatic N) is 3. The van der Waals surface area contributed by atoms with Crippen molar-refractivity contribution in [2.24, 2.45) is 0 Å². The molecule has 9 nitrogen and oxygen atoms in total. The number of ether oxygens (including phenoxy) is 2. The fraction of sp³-hybridized carbons (Fsp3) is 0.333. The fourth-order valence-corrected chi connectivity index (χ4v) is 2.10. The number of aliphatic hydroxyl groups is 1. The zero-order chi connectivity index (χ0) is 20.2. The zero-order valence-corrected chi connectivity index (χ0v) is 15.5. The summed E-state index contributed by atoms with van der Waals surface area (Å²) in [5, 5.41) is 20.4. The molecule has 0 saturated carbocycles. The van der Waals surface area contributed by atoms with E-state index < -0.39 is 16.6 Å². The van der Waals surface area contributed by atoms with Crippen molar-refractivity contribution in [3.8, 4) is 11.6 Å². The van der Waals surface area contributed by atoms with Crippen LogP contribution in [0.1, 0.15) is 26.3 Å². The number of pyridine rings is 1. The average molecular weight is 375 g/mol. The predicted molar refractivity (Wildman–Crippen MR) is 98.0 cm³/mol. The summed E-state index contributed by atoms with van der Waals surface area (Å²) in [4.78, 5) is 28.1. The van der Waals surface area contributed by atoms with Crippen molar-refractivity contribution in [3.05, 3.63) is 52.2 Å². The third-order valence-corrected chi connectivity index (χ3v) is 3.37. The lowest BCUT2D eigenvalue weighted by Gasteiger charge is -2.24. The molecule has 0 aliphatic carbocycles. The van der Waals surface area contributed by atoms with Gasteiger partial charge >= 0.3 is 6.09 Å². The summed E-state index contributed by atoms with van der Waals surface area (Å²) in [5.74, 6) is 0.502. The Kier molecular flexibility index (Phi) is 5.96. The topological polar surface area (TPSA) is 115 Å². The number of aliphatic hydroxyl groups excluding tert-OH is 1. The van der Waals surface area contributed by atoms with Crippen molar-refractivity contribution in [1.82, 2.24) is 4.98 Å². The molecule has 2 rings (SSSR count). The molecule has 1 N–H and O–H groups in total. The monoisotopic (exact) mass is 375 g/mol. The number of aromatic nitrogens is 1. The van der Waals surface area contributed by atoms with Gasteiger partial charge in [0.05, 0.1) is 11.5 Å². The quantitative estimate of drug-likeness (QED) is 0.626. The molecule has 2 aromatic rings. The highest BCUT2D eigenvalue weighted by Gasteiger charge is 2.26. The van der Waals surface area contributed by atoms with E-state index in [-0.39, 0.29) is 29.6 Å². The Morgan fingerprint density at radius 3 is 2.52 bits per heavy atom.